The Hall–Kier alpha value is -4.97. The average Bonchev–Trinajstić information content (AvgIpc) is 3.47. The number of benzene rings is 2. The summed E-state index contributed by atoms with van der Waals surface area (Å²) in [4.78, 5) is 42.4. The highest BCUT2D eigenvalue weighted by Gasteiger charge is 2.31. The summed E-state index contributed by atoms with van der Waals surface area (Å²) >= 11 is 1.22. The smallest absolute Gasteiger partial charge is 0.337 e. The summed E-state index contributed by atoms with van der Waals surface area (Å²) < 4.78 is 20.5. The number of nitro benzene ring substituents is 1. The number of methoxy groups -OCH3 is 1. The van der Waals surface area contributed by atoms with E-state index in [1.165, 1.54) is 41.3 Å². The van der Waals surface area contributed by atoms with E-state index in [9.17, 15) is 19.7 Å². The van der Waals surface area contributed by atoms with Crippen molar-refractivity contribution in [1.29, 1.82) is 0 Å². The molecule has 0 saturated carbocycles. The first kappa shape index (κ1) is 29.5. The van der Waals surface area contributed by atoms with E-state index in [1.54, 1.807) is 36.4 Å². The van der Waals surface area contributed by atoms with Crippen molar-refractivity contribution in [3.05, 3.63) is 113 Å². The number of hydrogen-bond acceptors (Lipinski definition) is 9. The van der Waals surface area contributed by atoms with E-state index in [-0.39, 0.29) is 16.8 Å². The van der Waals surface area contributed by atoms with Crippen molar-refractivity contribution in [2.24, 2.45) is 4.99 Å². The molecule has 1 atom stereocenters. The molecule has 0 spiro atoms. The van der Waals surface area contributed by atoms with Crippen LogP contribution in [0.1, 0.15) is 42.4 Å². The third-order valence-corrected chi connectivity index (χ3v) is 8.08. The molecule has 0 aliphatic carbocycles. The van der Waals surface area contributed by atoms with Gasteiger partial charge in [0.15, 0.2) is 16.3 Å². The lowest BCUT2D eigenvalue weighted by Gasteiger charge is -2.23. The number of carbonyl (C=O) groups is 1. The second-order valence-corrected chi connectivity index (χ2v) is 10.7. The van der Waals surface area contributed by atoms with E-state index in [0.717, 1.165) is 22.6 Å². The number of carbonyl (C=O) groups excluding carboxylic acids is 1. The van der Waals surface area contributed by atoms with Gasteiger partial charge in [-0.25, -0.2) is 9.79 Å². The molecule has 12 heteroatoms. The molecule has 222 valence electrons. The second-order valence-electron chi connectivity index (χ2n) is 9.68. The lowest BCUT2D eigenvalue weighted by atomic mass is 9.97. The topological polar surface area (TPSA) is 127 Å². The van der Waals surface area contributed by atoms with E-state index in [4.69, 9.17) is 14.2 Å². The highest BCUT2D eigenvalue weighted by Crippen LogP contribution is 2.35. The Bertz CT molecular complexity index is 1930. The largest absolute Gasteiger partial charge is 0.490 e. The lowest BCUT2D eigenvalue weighted by molar-refractivity contribution is -0.384. The molecular weight excluding hydrogens is 572 g/mol. The highest BCUT2D eigenvalue weighted by molar-refractivity contribution is 7.07. The average molecular weight is 603 g/mol. The van der Waals surface area contributed by atoms with Crippen LogP contribution in [0.4, 0.5) is 5.69 Å². The zero-order valence-corrected chi connectivity index (χ0v) is 25.1. The van der Waals surface area contributed by atoms with E-state index in [0.29, 0.717) is 39.6 Å². The van der Waals surface area contributed by atoms with Crippen molar-refractivity contribution in [2.45, 2.75) is 33.7 Å². The summed E-state index contributed by atoms with van der Waals surface area (Å²) in [5.41, 5.74) is 3.89. The minimum Gasteiger partial charge on any atom is -0.490 e. The van der Waals surface area contributed by atoms with Crippen molar-refractivity contribution in [2.75, 3.05) is 20.3 Å². The molecule has 0 fully saturated rings. The predicted molar refractivity (Wildman–Crippen MR) is 162 cm³/mol. The van der Waals surface area contributed by atoms with Gasteiger partial charge in [-0.1, -0.05) is 17.4 Å². The third-order valence-electron chi connectivity index (χ3n) is 7.08. The molecular formula is C31H30N4O7S. The number of nitro groups is 1. The maximum absolute atomic E-state index is 14.0. The number of thiazole rings is 1. The fourth-order valence-corrected chi connectivity index (χ4v) is 6.14. The number of hydrogen-bond donors (Lipinski definition) is 0. The molecule has 0 bridgehead atoms. The lowest BCUT2D eigenvalue weighted by Crippen LogP contribution is -2.39. The number of esters is 1. The molecule has 5 rings (SSSR count). The molecule has 3 heterocycles. The summed E-state index contributed by atoms with van der Waals surface area (Å²) in [5.74, 6) is 0.470. The fraction of sp³-hybridized carbons (Fsp3) is 0.258. The Balaban J connectivity index is 1.63. The molecule has 43 heavy (non-hydrogen) atoms. The normalized spacial score (nSPS) is 14.5. The van der Waals surface area contributed by atoms with Gasteiger partial charge in [-0.05, 0) is 75.2 Å². The monoisotopic (exact) mass is 602 g/mol. The number of fused-ring (bicyclic) bond motifs is 1. The molecule has 0 radical (unpaired) electrons. The fourth-order valence-electron chi connectivity index (χ4n) is 5.18. The molecule has 1 aliphatic heterocycles. The van der Waals surface area contributed by atoms with Crippen molar-refractivity contribution in [3.63, 3.8) is 0 Å². The zero-order chi connectivity index (χ0) is 30.8. The summed E-state index contributed by atoms with van der Waals surface area (Å²) in [6.45, 7) is 8.45. The van der Waals surface area contributed by atoms with E-state index >= 15 is 0 Å². The summed E-state index contributed by atoms with van der Waals surface area (Å²) in [6.07, 6.45) is 3.25. The van der Waals surface area contributed by atoms with Crippen LogP contribution in [0.3, 0.4) is 0 Å². The first-order valence-electron chi connectivity index (χ1n) is 13.6. The molecule has 2 aromatic heterocycles. The maximum atomic E-state index is 14.0. The van der Waals surface area contributed by atoms with Crippen LogP contribution in [0.15, 0.2) is 70.1 Å². The molecule has 2 aromatic carbocycles. The number of nitrogens with zero attached hydrogens (tertiary/aromatic N) is 4. The quantitative estimate of drug-likeness (QED) is 0.160. The Labute approximate surface area is 250 Å². The van der Waals surface area contributed by atoms with Crippen LogP contribution < -0.4 is 24.4 Å². The molecule has 4 aromatic rings. The van der Waals surface area contributed by atoms with Crippen LogP contribution >= 0.6 is 11.3 Å². The molecule has 1 aliphatic rings. The SMILES string of the molecule is CCOc1ccc([C@H]2C(C(=O)OC)=CN=c3s/c(=C/c4cc(C)n(-c5ccc([N+](=O)[O-])cc5)c4C)c(=O)n32)cc1OCC. The van der Waals surface area contributed by atoms with Crippen LogP contribution in [-0.4, -0.2) is 40.4 Å². The Morgan fingerprint density at radius 3 is 2.42 bits per heavy atom. The van der Waals surface area contributed by atoms with Gasteiger partial charge in [0, 0.05) is 35.4 Å². The number of non-ortho nitro benzene ring substituents is 1. The summed E-state index contributed by atoms with van der Waals surface area (Å²) in [5, 5.41) is 11.1. The van der Waals surface area contributed by atoms with Gasteiger partial charge in [0.2, 0.25) is 0 Å². The molecule has 0 amide bonds. The van der Waals surface area contributed by atoms with Crippen LogP contribution in [0.5, 0.6) is 11.5 Å². The minimum atomic E-state index is -0.798. The van der Waals surface area contributed by atoms with Gasteiger partial charge in [-0.2, -0.15) is 0 Å². The van der Waals surface area contributed by atoms with Gasteiger partial charge in [-0.3, -0.25) is 19.5 Å². The maximum Gasteiger partial charge on any atom is 0.337 e. The van der Waals surface area contributed by atoms with Gasteiger partial charge < -0.3 is 18.8 Å². The predicted octanol–water partition coefficient (Wildman–Crippen LogP) is 4.13. The van der Waals surface area contributed by atoms with Crippen molar-refractivity contribution < 1.29 is 23.9 Å². The first-order valence-corrected chi connectivity index (χ1v) is 14.4. The van der Waals surface area contributed by atoms with Gasteiger partial charge in [-0.15, -0.1) is 0 Å². The zero-order valence-electron chi connectivity index (χ0n) is 24.3. The Morgan fingerprint density at radius 1 is 1.07 bits per heavy atom. The first-order chi connectivity index (χ1) is 20.7. The molecule has 0 N–H and O–H groups in total. The van der Waals surface area contributed by atoms with Crippen molar-refractivity contribution >= 4 is 29.1 Å². The minimum absolute atomic E-state index is 0.00864. The number of aromatic nitrogens is 2. The van der Waals surface area contributed by atoms with Crippen molar-refractivity contribution in [1.82, 2.24) is 9.13 Å². The van der Waals surface area contributed by atoms with Gasteiger partial charge >= 0.3 is 5.97 Å². The summed E-state index contributed by atoms with van der Waals surface area (Å²) in [7, 11) is 1.29. The van der Waals surface area contributed by atoms with E-state index < -0.39 is 16.9 Å². The number of rotatable bonds is 9. The van der Waals surface area contributed by atoms with Crippen LogP contribution in [0.2, 0.25) is 0 Å². The molecule has 11 nitrogen and oxygen atoms in total. The van der Waals surface area contributed by atoms with E-state index in [2.05, 4.69) is 4.99 Å². The Kier molecular flexibility index (Phi) is 8.31. The van der Waals surface area contributed by atoms with Crippen LogP contribution in [-0.2, 0) is 9.53 Å². The second kappa shape index (κ2) is 12.1. The molecule has 0 saturated heterocycles. The summed E-state index contributed by atoms with van der Waals surface area (Å²) in [6, 6.07) is 12.8. The van der Waals surface area contributed by atoms with E-state index in [1.807, 2.05) is 38.3 Å². The highest BCUT2D eigenvalue weighted by atomic mass is 32.1. The Morgan fingerprint density at radius 2 is 1.77 bits per heavy atom. The van der Waals surface area contributed by atoms with Gasteiger partial charge in [0.1, 0.15) is 0 Å². The van der Waals surface area contributed by atoms with Gasteiger partial charge in [0.05, 0.1) is 41.4 Å². The number of ether oxygens (including phenoxy) is 3. The third kappa shape index (κ3) is 5.48. The van der Waals surface area contributed by atoms with Crippen LogP contribution in [0, 0.1) is 24.0 Å². The van der Waals surface area contributed by atoms with Crippen molar-refractivity contribution in [3.8, 4) is 17.2 Å². The van der Waals surface area contributed by atoms with Gasteiger partial charge in [0.25, 0.3) is 11.2 Å². The molecule has 0 unspecified atom stereocenters. The number of aryl methyl sites for hydroxylation is 1. The van der Waals surface area contributed by atoms with Crippen LogP contribution in [0.25, 0.3) is 11.8 Å². The standard InChI is InChI=1S/C31H30N4O7S/c1-6-41-25-13-8-20(15-26(25)42-7-2)28-24(30(37)40-5)17-32-31-34(28)29(36)27(43-31)16-21-14-18(3)33(19(21)4)22-9-11-23(12-10-22)35(38)39/h8-17,28H,6-7H2,1-5H3/b27-16+/t28-/m0/s1.